The van der Waals surface area contributed by atoms with Crippen LogP contribution in [0.15, 0.2) is 24.3 Å². The molecule has 2 heterocycles. The molecule has 0 aliphatic heterocycles. The molecule has 24 heavy (non-hydrogen) atoms. The number of esters is 1. The highest BCUT2D eigenvalue weighted by molar-refractivity contribution is 7.21. The number of thiophene rings is 1. The lowest BCUT2D eigenvalue weighted by atomic mass is 10.1. The summed E-state index contributed by atoms with van der Waals surface area (Å²) in [4.78, 5) is 18.0. The minimum Gasteiger partial charge on any atom is -0.462 e. The van der Waals surface area contributed by atoms with Crippen molar-refractivity contribution in [2.24, 2.45) is 5.92 Å². The summed E-state index contributed by atoms with van der Waals surface area (Å²) in [5.41, 5.74) is 8.56. The first-order valence-corrected chi connectivity index (χ1v) is 8.86. The fourth-order valence-electron chi connectivity index (χ4n) is 2.62. The molecular formula is C18H21N3O2S. The number of carbonyl (C=O) groups is 1. The Balaban J connectivity index is 2.26. The normalized spacial score (nSPS) is 11.3. The second kappa shape index (κ2) is 6.65. The lowest BCUT2D eigenvalue weighted by molar-refractivity contribution is 0.0533. The van der Waals surface area contributed by atoms with Crippen LogP contribution in [0.25, 0.3) is 21.1 Å². The van der Waals surface area contributed by atoms with Gasteiger partial charge in [0.1, 0.15) is 9.71 Å². The Labute approximate surface area is 144 Å². The number of ether oxygens (including phenoxy) is 1. The number of fused-ring (bicyclic) bond motifs is 2. The van der Waals surface area contributed by atoms with Crippen molar-refractivity contribution < 1.29 is 9.53 Å². The number of anilines is 2. The Morgan fingerprint density at radius 2 is 2.12 bits per heavy atom. The smallest absolute Gasteiger partial charge is 0.350 e. The number of hydrogen-bond donors (Lipinski definition) is 2. The van der Waals surface area contributed by atoms with Crippen molar-refractivity contribution in [3.05, 3.63) is 29.1 Å². The number of nitrogen functional groups attached to an aromatic ring is 1. The molecule has 5 nitrogen and oxygen atoms in total. The summed E-state index contributed by atoms with van der Waals surface area (Å²) in [6.45, 7) is 7.21. The fourth-order valence-corrected chi connectivity index (χ4v) is 3.62. The molecule has 3 rings (SSSR count). The van der Waals surface area contributed by atoms with Gasteiger partial charge in [-0.25, -0.2) is 9.78 Å². The number of para-hydroxylation sites is 1. The average Bonchev–Trinajstić information content (AvgIpc) is 2.88. The van der Waals surface area contributed by atoms with Gasteiger partial charge in [-0.1, -0.05) is 32.0 Å². The van der Waals surface area contributed by atoms with Crippen molar-refractivity contribution in [2.75, 3.05) is 24.2 Å². The molecule has 0 unspecified atom stereocenters. The molecule has 0 aliphatic carbocycles. The molecule has 126 valence electrons. The minimum atomic E-state index is -0.392. The molecule has 0 bridgehead atoms. The van der Waals surface area contributed by atoms with Crippen LogP contribution in [-0.2, 0) is 4.74 Å². The summed E-state index contributed by atoms with van der Waals surface area (Å²) in [6, 6.07) is 7.92. The molecular weight excluding hydrogens is 322 g/mol. The highest BCUT2D eigenvalue weighted by Crippen LogP contribution is 2.41. The third-order valence-corrected chi connectivity index (χ3v) is 4.80. The van der Waals surface area contributed by atoms with Crippen molar-refractivity contribution in [1.82, 2.24) is 4.98 Å². The zero-order chi connectivity index (χ0) is 17.3. The second-order valence-corrected chi connectivity index (χ2v) is 7.02. The Kier molecular flexibility index (Phi) is 4.57. The molecule has 2 aromatic heterocycles. The Morgan fingerprint density at radius 1 is 1.38 bits per heavy atom. The van der Waals surface area contributed by atoms with Crippen LogP contribution in [0.2, 0.25) is 0 Å². The van der Waals surface area contributed by atoms with E-state index in [4.69, 9.17) is 10.5 Å². The van der Waals surface area contributed by atoms with Gasteiger partial charge in [0.15, 0.2) is 0 Å². The first-order chi connectivity index (χ1) is 11.5. The molecule has 6 heteroatoms. The standard InChI is InChI=1S/C18H21N3O2S/c1-4-23-18(22)16-14(19)13-15(20-9-10(2)3)11-7-5-6-8-12(11)21-17(13)24-16/h5-8,10H,4,9,19H2,1-3H3,(H,20,21). The van der Waals surface area contributed by atoms with Crippen LogP contribution in [0.5, 0.6) is 0 Å². The Bertz CT molecular complexity index is 902. The van der Waals surface area contributed by atoms with E-state index in [-0.39, 0.29) is 0 Å². The van der Waals surface area contributed by atoms with Gasteiger partial charge in [-0.15, -0.1) is 11.3 Å². The quantitative estimate of drug-likeness (QED) is 0.676. The molecule has 0 spiro atoms. The topological polar surface area (TPSA) is 77.2 Å². The van der Waals surface area contributed by atoms with Gasteiger partial charge in [0.05, 0.1) is 28.9 Å². The number of aromatic nitrogens is 1. The zero-order valence-corrected chi connectivity index (χ0v) is 14.9. The zero-order valence-electron chi connectivity index (χ0n) is 14.1. The van der Waals surface area contributed by atoms with E-state index in [1.54, 1.807) is 6.92 Å². The van der Waals surface area contributed by atoms with E-state index in [2.05, 4.69) is 24.1 Å². The van der Waals surface area contributed by atoms with Crippen molar-refractivity contribution in [2.45, 2.75) is 20.8 Å². The fraction of sp³-hybridized carbons (Fsp3) is 0.333. The molecule has 0 fully saturated rings. The molecule has 3 aromatic rings. The SMILES string of the molecule is CCOC(=O)c1sc2nc3ccccc3c(NCC(C)C)c2c1N. The van der Waals surface area contributed by atoms with Crippen molar-refractivity contribution in [1.29, 1.82) is 0 Å². The predicted octanol–water partition coefficient (Wildman–Crippen LogP) is 4.28. The summed E-state index contributed by atoms with van der Waals surface area (Å²) >= 11 is 1.28. The van der Waals surface area contributed by atoms with Gasteiger partial charge in [-0.05, 0) is 18.9 Å². The lowest BCUT2D eigenvalue weighted by Gasteiger charge is -2.13. The first-order valence-electron chi connectivity index (χ1n) is 8.04. The second-order valence-electron chi connectivity index (χ2n) is 6.02. The molecule has 1 aromatic carbocycles. The maximum Gasteiger partial charge on any atom is 0.350 e. The van der Waals surface area contributed by atoms with Gasteiger partial charge < -0.3 is 15.8 Å². The van der Waals surface area contributed by atoms with Gasteiger partial charge in [-0.2, -0.15) is 0 Å². The number of pyridine rings is 1. The van der Waals surface area contributed by atoms with E-state index in [1.807, 2.05) is 24.3 Å². The molecule has 3 N–H and O–H groups in total. The maximum absolute atomic E-state index is 12.2. The van der Waals surface area contributed by atoms with E-state index < -0.39 is 5.97 Å². The van der Waals surface area contributed by atoms with Crippen molar-refractivity contribution in [3.8, 4) is 0 Å². The highest BCUT2D eigenvalue weighted by atomic mass is 32.1. The third-order valence-electron chi connectivity index (χ3n) is 3.72. The maximum atomic E-state index is 12.2. The van der Waals surface area contributed by atoms with Crippen LogP contribution >= 0.6 is 11.3 Å². The summed E-state index contributed by atoms with van der Waals surface area (Å²) < 4.78 is 5.12. The number of nitrogens with one attached hydrogen (secondary N) is 1. The summed E-state index contributed by atoms with van der Waals surface area (Å²) in [5, 5.41) is 5.30. The average molecular weight is 343 g/mol. The van der Waals surface area contributed by atoms with Gasteiger partial charge in [0.25, 0.3) is 0 Å². The van der Waals surface area contributed by atoms with E-state index in [0.717, 1.165) is 33.4 Å². The number of carbonyl (C=O) groups excluding carboxylic acids is 1. The van der Waals surface area contributed by atoms with Crippen LogP contribution < -0.4 is 11.1 Å². The highest BCUT2D eigenvalue weighted by Gasteiger charge is 2.22. The van der Waals surface area contributed by atoms with Crippen LogP contribution in [0.1, 0.15) is 30.4 Å². The first kappa shape index (κ1) is 16.5. The molecule has 0 saturated carbocycles. The largest absolute Gasteiger partial charge is 0.462 e. The van der Waals surface area contributed by atoms with Crippen LogP contribution in [0, 0.1) is 5.92 Å². The summed E-state index contributed by atoms with van der Waals surface area (Å²) in [5.74, 6) is 0.0910. The van der Waals surface area contributed by atoms with Gasteiger partial charge >= 0.3 is 5.97 Å². The number of benzene rings is 1. The molecule has 0 aliphatic rings. The molecule has 0 saturated heterocycles. The van der Waals surface area contributed by atoms with E-state index in [9.17, 15) is 4.79 Å². The van der Waals surface area contributed by atoms with Crippen LogP contribution in [-0.4, -0.2) is 24.1 Å². The number of hydrogen-bond acceptors (Lipinski definition) is 6. The Hall–Kier alpha value is -2.34. The third kappa shape index (κ3) is 2.89. The minimum absolute atomic E-state index is 0.320. The van der Waals surface area contributed by atoms with Gasteiger partial charge in [-0.3, -0.25) is 0 Å². The van der Waals surface area contributed by atoms with Crippen molar-refractivity contribution in [3.63, 3.8) is 0 Å². The van der Waals surface area contributed by atoms with Crippen LogP contribution in [0.4, 0.5) is 11.4 Å². The number of nitrogens with two attached hydrogens (primary N) is 1. The molecule has 0 atom stereocenters. The summed E-state index contributed by atoms with van der Waals surface area (Å²) in [6.07, 6.45) is 0. The number of nitrogens with zero attached hydrogens (tertiary/aromatic N) is 1. The van der Waals surface area contributed by atoms with Crippen molar-refractivity contribution >= 4 is 49.8 Å². The van der Waals surface area contributed by atoms with E-state index in [1.165, 1.54) is 11.3 Å². The lowest BCUT2D eigenvalue weighted by Crippen LogP contribution is -2.09. The van der Waals surface area contributed by atoms with E-state index >= 15 is 0 Å². The van der Waals surface area contributed by atoms with Gasteiger partial charge in [0.2, 0.25) is 0 Å². The van der Waals surface area contributed by atoms with Crippen LogP contribution in [0.3, 0.4) is 0 Å². The number of rotatable bonds is 5. The monoisotopic (exact) mass is 343 g/mol. The van der Waals surface area contributed by atoms with Gasteiger partial charge in [0, 0.05) is 11.9 Å². The molecule has 0 amide bonds. The predicted molar refractivity (Wildman–Crippen MR) is 101 cm³/mol. The Morgan fingerprint density at radius 3 is 2.83 bits per heavy atom. The summed E-state index contributed by atoms with van der Waals surface area (Å²) in [7, 11) is 0. The molecule has 0 radical (unpaired) electrons. The van der Waals surface area contributed by atoms with E-state index in [0.29, 0.717) is 23.1 Å².